The maximum Gasteiger partial charge on any atom is 0.430 e. The van der Waals surface area contributed by atoms with Gasteiger partial charge in [0.2, 0.25) is 0 Å². The molecule has 8 heteroatoms. The molecule has 0 saturated heterocycles. The van der Waals surface area contributed by atoms with Crippen LogP contribution in [0, 0.1) is 0 Å². The van der Waals surface area contributed by atoms with Gasteiger partial charge in [0.1, 0.15) is 5.75 Å². The van der Waals surface area contributed by atoms with Crippen molar-refractivity contribution < 1.29 is 36.6 Å². The van der Waals surface area contributed by atoms with Gasteiger partial charge in [0.05, 0.1) is 0 Å². The predicted molar refractivity (Wildman–Crippen MR) is 69.5 cm³/mol. The van der Waals surface area contributed by atoms with Crippen molar-refractivity contribution in [3.05, 3.63) is 54.1 Å². The molecule has 0 aliphatic heterocycles. The van der Waals surface area contributed by atoms with E-state index in [2.05, 4.69) is 0 Å². The van der Waals surface area contributed by atoms with Gasteiger partial charge in [-0.15, -0.1) is 0 Å². The number of phenols is 1. The predicted octanol–water partition coefficient (Wildman–Crippen LogP) is 4.37. The topological polar surface area (TPSA) is 40.5 Å². The zero-order chi connectivity index (χ0) is 17.5. The van der Waals surface area contributed by atoms with Gasteiger partial charge in [-0.25, -0.2) is 0 Å². The number of alkyl halides is 6. The van der Waals surface area contributed by atoms with E-state index in [4.69, 9.17) is 5.11 Å². The molecule has 0 aromatic heterocycles. The molecule has 0 radical (unpaired) electrons. The Hall–Kier alpha value is -2.22. The largest absolute Gasteiger partial charge is 0.508 e. The summed E-state index contributed by atoms with van der Waals surface area (Å²) in [7, 11) is 0. The van der Waals surface area contributed by atoms with Crippen molar-refractivity contribution in [2.45, 2.75) is 18.0 Å². The molecule has 2 rings (SSSR count). The van der Waals surface area contributed by atoms with Crippen molar-refractivity contribution in [3.63, 3.8) is 0 Å². The van der Waals surface area contributed by atoms with Crippen LogP contribution in [0.25, 0.3) is 11.1 Å². The molecular formula is C15H10F6O2. The van der Waals surface area contributed by atoms with E-state index < -0.39 is 23.5 Å². The van der Waals surface area contributed by atoms with E-state index in [0.29, 0.717) is 23.3 Å². The lowest BCUT2D eigenvalue weighted by molar-refractivity contribution is -0.376. The van der Waals surface area contributed by atoms with Crippen LogP contribution in [0.1, 0.15) is 5.56 Å². The minimum atomic E-state index is -5.91. The highest BCUT2D eigenvalue weighted by Gasteiger charge is 2.71. The highest BCUT2D eigenvalue weighted by Crippen LogP contribution is 2.50. The Kier molecular flexibility index (Phi) is 4.06. The lowest BCUT2D eigenvalue weighted by atomic mass is 9.90. The van der Waals surface area contributed by atoms with Crippen molar-refractivity contribution in [2.24, 2.45) is 0 Å². The second-order valence-corrected chi connectivity index (χ2v) is 4.83. The van der Waals surface area contributed by atoms with E-state index in [-0.39, 0.29) is 5.75 Å². The summed E-state index contributed by atoms with van der Waals surface area (Å²) >= 11 is 0. The third-order valence-electron chi connectivity index (χ3n) is 3.32. The number of rotatable bonds is 2. The summed E-state index contributed by atoms with van der Waals surface area (Å²) in [6.45, 7) is 0. The van der Waals surface area contributed by atoms with Crippen LogP contribution in [-0.4, -0.2) is 22.6 Å². The fraction of sp³-hybridized carbons (Fsp3) is 0.200. The Morgan fingerprint density at radius 1 is 0.609 bits per heavy atom. The van der Waals surface area contributed by atoms with Crippen LogP contribution in [-0.2, 0) is 5.60 Å². The number of aromatic hydroxyl groups is 1. The molecule has 0 atom stereocenters. The molecule has 0 unspecified atom stereocenters. The smallest absolute Gasteiger partial charge is 0.430 e. The quantitative estimate of drug-likeness (QED) is 0.800. The van der Waals surface area contributed by atoms with Crippen LogP contribution >= 0.6 is 0 Å². The average Bonchev–Trinajstić information content (AvgIpc) is 2.45. The Labute approximate surface area is 126 Å². The third kappa shape index (κ3) is 2.98. The monoisotopic (exact) mass is 336 g/mol. The average molecular weight is 336 g/mol. The first kappa shape index (κ1) is 17.1. The first-order valence-corrected chi connectivity index (χ1v) is 6.22. The molecule has 124 valence electrons. The second kappa shape index (κ2) is 5.45. The van der Waals surface area contributed by atoms with Crippen LogP contribution in [0.5, 0.6) is 5.75 Å². The van der Waals surface area contributed by atoms with Crippen LogP contribution in [0.3, 0.4) is 0 Å². The number of aliphatic hydroxyl groups is 1. The van der Waals surface area contributed by atoms with E-state index >= 15 is 0 Å². The lowest BCUT2D eigenvalue weighted by Crippen LogP contribution is -2.53. The fourth-order valence-corrected chi connectivity index (χ4v) is 2.05. The summed E-state index contributed by atoms with van der Waals surface area (Å²) in [6.07, 6.45) is -11.8. The van der Waals surface area contributed by atoms with E-state index in [1.807, 2.05) is 0 Å². The van der Waals surface area contributed by atoms with Crippen LogP contribution < -0.4 is 0 Å². The molecule has 0 spiro atoms. The first-order chi connectivity index (χ1) is 10.5. The molecule has 23 heavy (non-hydrogen) atoms. The number of benzene rings is 2. The van der Waals surface area contributed by atoms with Crippen molar-refractivity contribution >= 4 is 0 Å². The maximum atomic E-state index is 12.8. The summed E-state index contributed by atoms with van der Waals surface area (Å²) in [5.41, 5.74) is -5.44. The highest BCUT2D eigenvalue weighted by molar-refractivity contribution is 5.64. The fourth-order valence-electron chi connectivity index (χ4n) is 2.05. The van der Waals surface area contributed by atoms with Crippen molar-refractivity contribution in [1.82, 2.24) is 0 Å². The van der Waals surface area contributed by atoms with E-state index in [9.17, 15) is 31.4 Å². The molecule has 0 heterocycles. The van der Waals surface area contributed by atoms with Crippen molar-refractivity contribution in [1.29, 1.82) is 0 Å². The summed E-state index contributed by atoms with van der Waals surface area (Å²) in [6, 6.07) is 8.75. The van der Waals surface area contributed by atoms with Gasteiger partial charge in [0.15, 0.2) is 0 Å². The number of hydrogen-bond acceptors (Lipinski definition) is 2. The summed E-state index contributed by atoms with van der Waals surface area (Å²) < 4.78 is 76.5. The number of phenolic OH excluding ortho intramolecular Hbond substituents is 1. The second-order valence-electron chi connectivity index (χ2n) is 4.83. The van der Waals surface area contributed by atoms with E-state index in [1.165, 1.54) is 24.3 Å². The zero-order valence-corrected chi connectivity index (χ0v) is 11.3. The molecule has 2 nitrogen and oxygen atoms in total. The Morgan fingerprint density at radius 3 is 1.30 bits per heavy atom. The van der Waals surface area contributed by atoms with Gasteiger partial charge in [0.25, 0.3) is 5.60 Å². The molecule has 0 bridgehead atoms. The number of hydrogen-bond donors (Lipinski definition) is 2. The summed E-state index contributed by atoms with van der Waals surface area (Å²) in [5.74, 6) is -0.0334. The SMILES string of the molecule is Oc1ccc(-c2ccc(C(O)(C(F)(F)F)C(F)(F)F)cc2)cc1. The third-order valence-corrected chi connectivity index (χ3v) is 3.32. The van der Waals surface area contributed by atoms with Gasteiger partial charge < -0.3 is 10.2 Å². The Bertz CT molecular complexity index is 657. The standard InChI is InChI=1S/C15H10F6O2/c16-14(17,18)13(23,15(19,20)21)11-5-1-9(2-6-11)10-3-7-12(22)8-4-10/h1-8,22-23H. The van der Waals surface area contributed by atoms with E-state index in [1.54, 1.807) is 0 Å². The van der Waals surface area contributed by atoms with Crippen molar-refractivity contribution in [2.75, 3.05) is 0 Å². The summed E-state index contributed by atoms with van der Waals surface area (Å²) in [5, 5.41) is 18.4. The number of halogens is 6. The van der Waals surface area contributed by atoms with E-state index in [0.717, 1.165) is 12.1 Å². The van der Waals surface area contributed by atoms with Gasteiger partial charge in [-0.1, -0.05) is 36.4 Å². The van der Waals surface area contributed by atoms with Gasteiger partial charge in [-0.3, -0.25) is 0 Å². The molecular weight excluding hydrogens is 326 g/mol. The molecule has 0 fully saturated rings. The van der Waals surface area contributed by atoms with Gasteiger partial charge >= 0.3 is 12.4 Å². The molecule has 0 amide bonds. The molecule has 0 aliphatic rings. The first-order valence-electron chi connectivity index (χ1n) is 6.22. The zero-order valence-electron chi connectivity index (χ0n) is 11.3. The van der Waals surface area contributed by atoms with Gasteiger partial charge in [-0.05, 0) is 23.3 Å². The highest BCUT2D eigenvalue weighted by atomic mass is 19.4. The molecule has 2 aromatic carbocycles. The minimum Gasteiger partial charge on any atom is -0.508 e. The minimum absolute atomic E-state index is 0.0334. The maximum absolute atomic E-state index is 12.8. The molecule has 0 saturated carbocycles. The Balaban J connectivity index is 2.47. The Morgan fingerprint density at radius 2 is 0.957 bits per heavy atom. The lowest BCUT2D eigenvalue weighted by Gasteiger charge is -2.32. The summed E-state index contributed by atoms with van der Waals surface area (Å²) in [4.78, 5) is 0. The van der Waals surface area contributed by atoms with Crippen LogP contribution in [0.4, 0.5) is 26.3 Å². The molecule has 2 aromatic rings. The van der Waals surface area contributed by atoms with Crippen LogP contribution in [0.2, 0.25) is 0 Å². The van der Waals surface area contributed by atoms with Gasteiger partial charge in [-0.2, -0.15) is 26.3 Å². The molecule has 2 N–H and O–H groups in total. The normalized spacial score (nSPS) is 13.2. The molecule has 0 aliphatic carbocycles. The van der Waals surface area contributed by atoms with Crippen molar-refractivity contribution in [3.8, 4) is 16.9 Å². The van der Waals surface area contributed by atoms with Gasteiger partial charge in [0, 0.05) is 5.56 Å². The van der Waals surface area contributed by atoms with Crippen LogP contribution in [0.15, 0.2) is 48.5 Å².